The molecule has 0 saturated heterocycles. The van der Waals surface area contributed by atoms with E-state index in [1.54, 1.807) is 0 Å². The maximum atomic E-state index is 4.98. The van der Waals surface area contributed by atoms with Crippen LogP contribution in [-0.2, 0) is 0 Å². The highest BCUT2D eigenvalue weighted by Crippen LogP contribution is 2.30. The Labute approximate surface area is 234 Å². The molecule has 194 valence electrons. The fourth-order valence-corrected chi connectivity index (χ4v) is 4.68. The maximum Gasteiger partial charge on any atom is 0.164 e. The van der Waals surface area contributed by atoms with Crippen LogP contribution in [0.3, 0.4) is 0 Å². The minimum atomic E-state index is 0.640. The molecule has 40 heavy (non-hydrogen) atoms. The second-order valence-corrected chi connectivity index (χ2v) is 9.49. The van der Waals surface area contributed by atoms with Crippen molar-refractivity contribution < 1.29 is 0 Å². The minimum absolute atomic E-state index is 0.640. The highest BCUT2D eigenvalue weighted by molar-refractivity contribution is 5.75. The molecule has 0 unspecified atom stereocenters. The van der Waals surface area contributed by atoms with Crippen LogP contribution in [0.5, 0.6) is 0 Å². The van der Waals surface area contributed by atoms with E-state index in [0.29, 0.717) is 17.5 Å². The summed E-state index contributed by atoms with van der Waals surface area (Å²) >= 11 is 0. The predicted molar refractivity (Wildman–Crippen MR) is 166 cm³/mol. The topological polar surface area (TPSA) is 62.7 Å². The number of aromatic nitrogens is 3. The lowest BCUT2D eigenvalue weighted by atomic mass is 10.0. The van der Waals surface area contributed by atoms with Crippen LogP contribution in [0.1, 0.15) is 0 Å². The van der Waals surface area contributed by atoms with Crippen LogP contribution in [0.15, 0.2) is 127 Å². The van der Waals surface area contributed by atoms with Gasteiger partial charge in [-0.15, -0.1) is 0 Å². The molecule has 0 aliphatic rings. The fourth-order valence-electron chi connectivity index (χ4n) is 4.68. The highest BCUT2D eigenvalue weighted by Gasteiger charge is 2.13. The third kappa shape index (κ3) is 5.31. The van der Waals surface area contributed by atoms with E-state index >= 15 is 0 Å². The van der Waals surface area contributed by atoms with Crippen molar-refractivity contribution in [3.63, 3.8) is 0 Å². The largest absolute Gasteiger partial charge is 0.388 e. The fraction of sp³-hybridized carbons (Fsp3) is 0.0571. The van der Waals surface area contributed by atoms with Gasteiger partial charge >= 0.3 is 0 Å². The van der Waals surface area contributed by atoms with Crippen LogP contribution < -0.4 is 10.6 Å². The average Bonchev–Trinajstić information content (AvgIpc) is 3.05. The first-order valence-corrected chi connectivity index (χ1v) is 13.3. The van der Waals surface area contributed by atoms with Crippen molar-refractivity contribution in [2.75, 3.05) is 24.7 Å². The van der Waals surface area contributed by atoms with Gasteiger partial charge in [-0.25, -0.2) is 15.0 Å². The third-order valence-corrected chi connectivity index (χ3v) is 6.92. The summed E-state index contributed by atoms with van der Waals surface area (Å²) in [4.78, 5) is 14.8. The van der Waals surface area contributed by atoms with Gasteiger partial charge in [0, 0.05) is 42.2 Å². The van der Waals surface area contributed by atoms with Crippen molar-refractivity contribution in [1.82, 2.24) is 15.0 Å². The van der Waals surface area contributed by atoms with Gasteiger partial charge < -0.3 is 10.6 Å². The van der Waals surface area contributed by atoms with E-state index in [4.69, 9.17) is 15.0 Å². The standard InChI is InChI=1S/C35H29N5/c1-36-31-18-14-24(15-19-31)27-10-6-12-29(22-27)34-38-33(26-8-4-3-5-9-26)39-35(40-34)30-13-7-11-28(23-30)25-16-20-32(37-2)21-17-25/h3-23,36-37H,1-2H3. The molecule has 0 bridgehead atoms. The molecule has 0 spiro atoms. The summed E-state index contributed by atoms with van der Waals surface area (Å²) in [6, 6.07) is 43.6. The molecule has 5 aromatic carbocycles. The van der Waals surface area contributed by atoms with E-state index in [1.807, 2.05) is 44.4 Å². The van der Waals surface area contributed by atoms with Crippen molar-refractivity contribution >= 4 is 11.4 Å². The maximum absolute atomic E-state index is 4.98. The number of nitrogens with one attached hydrogen (secondary N) is 2. The number of hydrogen-bond acceptors (Lipinski definition) is 5. The Hall–Kier alpha value is -5.29. The summed E-state index contributed by atoms with van der Waals surface area (Å²) in [6.07, 6.45) is 0. The Morgan fingerprint density at radius 3 is 1.15 bits per heavy atom. The molecule has 2 N–H and O–H groups in total. The van der Waals surface area contributed by atoms with Gasteiger partial charge in [0.05, 0.1) is 0 Å². The van der Waals surface area contributed by atoms with Crippen LogP contribution in [0.25, 0.3) is 56.4 Å². The third-order valence-electron chi connectivity index (χ3n) is 6.92. The van der Waals surface area contributed by atoms with E-state index in [2.05, 4.69) is 108 Å². The van der Waals surface area contributed by atoms with Gasteiger partial charge in [0.15, 0.2) is 17.5 Å². The molecule has 5 heteroatoms. The Bertz CT molecular complexity index is 1640. The summed E-state index contributed by atoms with van der Waals surface area (Å²) in [5.74, 6) is 1.93. The lowest BCUT2D eigenvalue weighted by Crippen LogP contribution is -2.00. The molecule has 5 nitrogen and oxygen atoms in total. The summed E-state index contributed by atoms with van der Waals surface area (Å²) in [5, 5.41) is 6.35. The van der Waals surface area contributed by atoms with E-state index in [0.717, 1.165) is 50.3 Å². The summed E-state index contributed by atoms with van der Waals surface area (Å²) in [6.45, 7) is 0. The van der Waals surface area contributed by atoms with Gasteiger partial charge in [-0.1, -0.05) is 91.0 Å². The molecule has 0 aliphatic heterocycles. The zero-order valence-electron chi connectivity index (χ0n) is 22.5. The first-order chi connectivity index (χ1) is 19.7. The Balaban J connectivity index is 1.45. The van der Waals surface area contributed by atoms with Crippen LogP contribution in [0, 0.1) is 0 Å². The van der Waals surface area contributed by atoms with Crippen LogP contribution in [0.4, 0.5) is 11.4 Å². The number of rotatable bonds is 7. The van der Waals surface area contributed by atoms with Crippen LogP contribution in [0.2, 0.25) is 0 Å². The molecular weight excluding hydrogens is 490 g/mol. The second-order valence-electron chi connectivity index (χ2n) is 9.49. The quantitative estimate of drug-likeness (QED) is 0.222. The number of benzene rings is 5. The van der Waals surface area contributed by atoms with Crippen molar-refractivity contribution in [1.29, 1.82) is 0 Å². The Morgan fingerprint density at radius 2 is 0.725 bits per heavy atom. The predicted octanol–water partition coefficient (Wildman–Crippen LogP) is 8.29. The van der Waals surface area contributed by atoms with E-state index < -0.39 is 0 Å². The molecule has 0 saturated carbocycles. The van der Waals surface area contributed by atoms with Crippen molar-refractivity contribution in [3.05, 3.63) is 127 Å². The molecule has 0 fully saturated rings. The summed E-state index contributed by atoms with van der Waals surface area (Å²) in [7, 11) is 3.85. The summed E-state index contributed by atoms with van der Waals surface area (Å²) in [5.41, 5.74) is 9.47. The van der Waals surface area contributed by atoms with Gasteiger partial charge in [-0.05, 0) is 58.7 Å². The summed E-state index contributed by atoms with van der Waals surface area (Å²) < 4.78 is 0. The lowest BCUT2D eigenvalue weighted by molar-refractivity contribution is 1.07. The molecule has 0 radical (unpaired) electrons. The van der Waals surface area contributed by atoms with Crippen molar-refractivity contribution in [2.24, 2.45) is 0 Å². The SMILES string of the molecule is CNc1ccc(-c2cccc(-c3nc(-c4ccccc4)nc(-c4cccc(-c5ccc(NC)cc5)c4)n3)c2)cc1. The number of hydrogen-bond donors (Lipinski definition) is 2. The van der Waals surface area contributed by atoms with E-state index in [-0.39, 0.29) is 0 Å². The first kappa shape index (κ1) is 25.0. The number of anilines is 2. The molecule has 1 aromatic heterocycles. The monoisotopic (exact) mass is 519 g/mol. The molecule has 6 aromatic rings. The zero-order chi connectivity index (χ0) is 27.3. The Kier molecular flexibility index (Phi) is 7.01. The lowest BCUT2D eigenvalue weighted by Gasteiger charge is -2.11. The molecule has 1 heterocycles. The number of nitrogens with zero attached hydrogens (tertiary/aromatic N) is 3. The van der Waals surface area contributed by atoms with Crippen molar-refractivity contribution in [2.45, 2.75) is 0 Å². The smallest absolute Gasteiger partial charge is 0.164 e. The van der Waals surface area contributed by atoms with Gasteiger partial charge in [-0.2, -0.15) is 0 Å². The molecule has 0 atom stereocenters. The van der Waals surface area contributed by atoms with Crippen LogP contribution in [-0.4, -0.2) is 29.0 Å². The molecular formula is C35H29N5. The molecule has 0 aliphatic carbocycles. The highest BCUT2D eigenvalue weighted by atomic mass is 15.0. The molecule has 6 rings (SSSR count). The van der Waals surface area contributed by atoms with Crippen molar-refractivity contribution in [3.8, 4) is 56.4 Å². The van der Waals surface area contributed by atoms with Gasteiger partial charge in [-0.3, -0.25) is 0 Å². The normalized spacial score (nSPS) is 10.8. The van der Waals surface area contributed by atoms with Crippen LogP contribution >= 0.6 is 0 Å². The zero-order valence-corrected chi connectivity index (χ0v) is 22.5. The average molecular weight is 520 g/mol. The van der Waals surface area contributed by atoms with Gasteiger partial charge in [0.2, 0.25) is 0 Å². The van der Waals surface area contributed by atoms with E-state index in [1.165, 1.54) is 0 Å². The molecule has 0 amide bonds. The van der Waals surface area contributed by atoms with Gasteiger partial charge in [0.25, 0.3) is 0 Å². The van der Waals surface area contributed by atoms with E-state index in [9.17, 15) is 0 Å². The minimum Gasteiger partial charge on any atom is -0.388 e. The van der Waals surface area contributed by atoms with Gasteiger partial charge in [0.1, 0.15) is 0 Å². The first-order valence-electron chi connectivity index (χ1n) is 13.3. The Morgan fingerprint density at radius 1 is 0.350 bits per heavy atom. The second kappa shape index (κ2) is 11.2.